The van der Waals surface area contributed by atoms with E-state index in [-0.39, 0.29) is 12.1 Å². The maximum atomic E-state index is 10.9. The fourth-order valence-corrected chi connectivity index (χ4v) is 5.10. The molecule has 4 rings (SSSR count). The first-order valence-corrected chi connectivity index (χ1v) is 12.0. The number of likely N-dealkylation sites (tertiary alicyclic amines) is 1. The topological polar surface area (TPSA) is 59.0 Å². The number of hydrogen-bond donors (Lipinski definition) is 3. The lowest BCUT2D eigenvalue weighted by molar-refractivity contribution is 0.0395. The van der Waals surface area contributed by atoms with Crippen molar-refractivity contribution in [3.05, 3.63) is 88.1 Å². The van der Waals surface area contributed by atoms with Gasteiger partial charge in [-0.15, -0.1) is 0 Å². The Balaban J connectivity index is 1.34. The highest BCUT2D eigenvalue weighted by Gasteiger charge is 2.45. The molecule has 7 heteroatoms. The van der Waals surface area contributed by atoms with Gasteiger partial charge in [0.15, 0.2) is 0 Å². The summed E-state index contributed by atoms with van der Waals surface area (Å²) in [4.78, 5) is 4.52. The smallest absolute Gasteiger partial charge is 0.124 e. The molecule has 32 heavy (non-hydrogen) atoms. The number of fused-ring (bicyclic) bond motifs is 2. The molecular formula is C25H29BrClN3O2. The third-order valence-electron chi connectivity index (χ3n) is 6.54. The van der Waals surface area contributed by atoms with Crippen molar-refractivity contribution < 1.29 is 10.2 Å². The van der Waals surface area contributed by atoms with Crippen molar-refractivity contribution in [3.63, 3.8) is 0 Å². The van der Waals surface area contributed by atoms with Crippen LogP contribution in [0.2, 0.25) is 5.02 Å². The zero-order valence-corrected chi connectivity index (χ0v) is 20.4. The predicted molar refractivity (Wildman–Crippen MR) is 134 cm³/mol. The maximum absolute atomic E-state index is 10.9. The minimum atomic E-state index is -1.15. The van der Waals surface area contributed by atoms with Crippen LogP contribution in [-0.4, -0.2) is 52.5 Å². The highest BCUT2D eigenvalue weighted by molar-refractivity contribution is 9.10. The summed E-state index contributed by atoms with van der Waals surface area (Å²) < 4.78 is 1.01. The molecular weight excluding hydrogens is 490 g/mol. The number of anilines is 1. The molecule has 2 bridgehead atoms. The van der Waals surface area contributed by atoms with Gasteiger partial charge in [-0.25, -0.2) is 0 Å². The summed E-state index contributed by atoms with van der Waals surface area (Å²) in [5.74, 6) is 0. The van der Waals surface area contributed by atoms with Gasteiger partial charge in [0.2, 0.25) is 0 Å². The molecule has 4 unspecified atom stereocenters. The number of aliphatic hydroxyl groups is 2. The number of benzene rings is 2. The first-order chi connectivity index (χ1) is 15.2. The van der Waals surface area contributed by atoms with E-state index in [4.69, 9.17) is 11.6 Å². The standard InChI is InChI=1S/C25H29BrClN3O2/c1-15(18-4-6-19(26)7-5-18)28-16(2)24(31)25(32)17(3)29-13-23-12-22(29)14-30(23)21-10-8-20(27)9-11-21/h4-11,15,22-25,28,31-32H,2-3,12-14H2,1H3/t15-,22?,23?,24?,25?/m0/s1. The van der Waals surface area contributed by atoms with Crippen molar-refractivity contribution in [3.8, 4) is 0 Å². The number of aliphatic hydroxyl groups excluding tert-OH is 2. The Labute approximate surface area is 203 Å². The van der Waals surface area contributed by atoms with E-state index in [0.717, 1.165) is 40.3 Å². The van der Waals surface area contributed by atoms with E-state index in [2.05, 4.69) is 44.2 Å². The fourth-order valence-electron chi connectivity index (χ4n) is 4.71. The van der Waals surface area contributed by atoms with E-state index < -0.39 is 12.2 Å². The molecule has 2 aromatic carbocycles. The quantitative estimate of drug-likeness (QED) is 0.482. The molecule has 5 atom stereocenters. The Hall–Kier alpha value is -1.99. The average Bonchev–Trinajstić information content (AvgIpc) is 3.39. The molecule has 5 nitrogen and oxygen atoms in total. The molecule has 0 aromatic heterocycles. The molecule has 170 valence electrons. The summed E-state index contributed by atoms with van der Waals surface area (Å²) in [6, 6.07) is 16.4. The van der Waals surface area contributed by atoms with E-state index in [1.807, 2.05) is 55.5 Å². The Bertz CT molecular complexity index is 982. The molecule has 3 N–H and O–H groups in total. The van der Waals surface area contributed by atoms with Gasteiger partial charge in [-0.3, -0.25) is 0 Å². The first kappa shape index (κ1) is 23.2. The van der Waals surface area contributed by atoms with Gasteiger partial charge < -0.3 is 25.3 Å². The van der Waals surface area contributed by atoms with Crippen LogP contribution in [0, 0.1) is 0 Å². The van der Waals surface area contributed by atoms with Gasteiger partial charge in [0.25, 0.3) is 0 Å². The SMILES string of the molecule is C=C(N[C@@H](C)c1ccc(Br)cc1)C(O)C(O)C(=C)N1CC2CC1CN2c1ccc(Cl)cc1. The number of hydrogen-bond acceptors (Lipinski definition) is 5. The number of nitrogens with one attached hydrogen (secondary N) is 1. The molecule has 2 heterocycles. The third kappa shape index (κ3) is 4.69. The largest absolute Gasteiger partial charge is 0.384 e. The highest BCUT2D eigenvalue weighted by Crippen LogP contribution is 2.37. The van der Waals surface area contributed by atoms with Gasteiger partial charge in [-0.05, 0) is 55.3 Å². The summed E-state index contributed by atoms with van der Waals surface area (Å²) in [6.45, 7) is 11.7. The molecule has 0 aliphatic carbocycles. The van der Waals surface area contributed by atoms with Crippen molar-refractivity contribution in [2.45, 2.75) is 43.7 Å². The van der Waals surface area contributed by atoms with E-state index >= 15 is 0 Å². The molecule has 2 aliphatic rings. The molecule has 0 radical (unpaired) electrons. The minimum Gasteiger partial charge on any atom is -0.384 e. The van der Waals surface area contributed by atoms with Gasteiger partial charge in [-0.2, -0.15) is 0 Å². The second-order valence-electron chi connectivity index (χ2n) is 8.65. The lowest BCUT2D eigenvalue weighted by Crippen LogP contribution is -2.49. The van der Waals surface area contributed by atoms with Gasteiger partial charge in [0.05, 0.1) is 0 Å². The fraction of sp³-hybridized carbons (Fsp3) is 0.360. The van der Waals surface area contributed by atoms with Crippen LogP contribution in [0.15, 0.2) is 77.6 Å². The second-order valence-corrected chi connectivity index (χ2v) is 10.0. The second kappa shape index (κ2) is 9.48. The van der Waals surface area contributed by atoms with Gasteiger partial charge >= 0.3 is 0 Å². The van der Waals surface area contributed by atoms with Crippen LogP contribution in [0.1, 0.15) is 24.9 Å². The van der Waals surface area contributed by atoms with Crippen LogP contribution in [0.4, 0.5) is 5.69 Å². The molecule has 0 spiro atoms. The summed E-state index contributed by atoms with van der Waals surface area (Å²) in [7, 11) is 0. The molecule has 0 amide bonds. The predicted octanol–water partition coefficient (Wildman–Crippen LogP) is 4.47. The van der Waals surface area contributed by atoms with E-state index in [0.29, 0.717) is 17.4 Å². The Morgan fingerprint density at radius 2 is 1.69 bits per heavy atom. The van der Waals surface area contributed by atoms with Crippen LogP contribution >= 0.6 is 27.5 Å². The van der Waals surface area contributed by atoms with Crippen LogP contribution in [0.25, 0.3) is 0 Å². The number of halogens is 2. The van der Waals surface area contributed by atoms with Gasteiger partial charge in [0, 0.05) is 57.8 Å². The van der Waals surface area contributed by atoms with Crippen LogP contribution < -0.4 is 10.2 Å². The normalized spacial score (nSPS) is 22.5. The number of piperazine rings is 1. The van der Waals surface area contributed by atoms with E-state index in [1.54, 1.807) is 0 Å². The Morgan fingerprint density at radius 1 is 1.03 bits per heavy atom. The van der Waals surface area contributed by atoms with Crippen molar-refractivity contribution in [1.82, 2.24) is 10.2 Å². The Morgan fingerprint density at radius 3 is 2.28 bits per heavy atom. The zero-order chi connectivity index (χ0) is 23.0. The van der Waals surface area contributed by atoms with Gasteiger partial charge in [0.1, 0.15) is 12.2 Å². The molecule has 2 aliphatic heterocycles. The molecule has 2 saturated heterocycles. The van der Waals surface area contributed by atoms with Crippen molar-refractivity contribution in [2.24, 2.45) is 0 Å². The molecule has 2 fully saturated rings. The summed E-state index contributed by atoms with van der Waals surface area (Å²) in [5.41, 5.74) is 3.14. The molecule has 0 saturated carbocycles. The van der Waals surface area contributed by atoms with Crippen LogP contribution in [0.3, 0.4) is 0 Å². The minimum absolute atomic E-state index is 0.0542. The van der Waals surface area contributed by atoms with Gasteiger partial charge in [-0.1, -0.05) is 52.8 Å². The van der Waals surface area contributed by atoms with E-state index in [9.17, 15) is 10.2 Å². The van der Waals surface area contributed by atoms with E-state index in [1.165, 1.54) is 0 Å². The summed E-state index contributed by atoms with van der Waals surface area (Å²) in [5, 5.41) is 25.5. The lowest BCUT2D eigenvalue weighted by Gasteiger charge is -2.39. The summed E-state index contributed by atoms with van der Waals surface area (Å²) in [6.07, 6.45) is -1.26. The number of nitrogens with zero attached hydrogens (tertiary/aromatic N) is 2. The van der Waals surface area contributed by atoms with Crippen LogP contribution in [-0.2, 0) is 0 Å². The molecule has 2 aromatic rings. The lowest BCUT2D eigenvalue weighted by atomic mass is 10.0. The first-order valence-electron chi connectivity index (χ1n) is 10.8. The zero-order valence-electron chi connectivity index (χ0n) is 18.1. The monoisotopic (exact) mass is 517 g/mol. The number of rotatable bonds is 8. The van der Waals surface area contributed by atoms with Crippen molar-refractivity contribution >= 4 is 33.2 Å². The average molecular weight is 519 g/mol. The summed E-state index contributed by atoms with van der Waals surface area (Å²) >= 11 is 9.46. The van der Waals surface area contributed by atoms with Crippen molar-refractivity contribution in [2.75, 3.05) is 18.0 Å². The highest BCUT2D eigenvalue weighted by atomic mass is 79.9. The van der Waals surface area contributed by atoms with Crippen molar-refractivity contribution in [1.29, 1.82) is 0 Å². The van der Waals surface area contributed by atoms with Crippen LogP contribution in [0.5, 0.6) is 0 Å². The maximum Gasteiger partial charge on any atom is 0.124 e. The third-order valence-corrected chi connectivity index (χ3v) is 7.32. The Kier molecular flexibility index (Phi) is 6.86.